The lowest BCUT2D eigenvalue weighted by Gasteiger charge is -2.20. The highest BCUT2D eigenvalue weighted by molar-refractivity contribution is 5.57. The molecule has 1 fully saturated rings. The van der Waals surface area contributed by atoms with Gasteiger partial charge in [-0.1, -0.05) is 29.8 Å². The van der Waals surface area contributed by atoms with Crippen LogP contribution in [0.5, 0.6) is 0 Å². The molecule has 1 aliphatic rings. The van der Waals surface area contributed by atoms with Crippen molar-refractivity contribution in [3.05, 3.63) is 35.4 Å². The zero-order valence-electron chi connectivity index (χ0n) is 9.88. The molecule has 0 amide bonds. The van der Waals surface area contributed by atoms with Crippen LogP contribution in [0, 0.1) is 12.8 Å². The number of benzene rings is 1. The molecule has 0 aliphatic carbocycles. The Morgan fingerprint density at radius 2 is 1.94 bits per heavy atom. The van der Waals surface area contributed by atoms with Crippen molar-refractivity contribution in [1.29, 1.82) is 0 Å². The molecule has 86 valence electrons. The Bertz CT molecular complexity index is 374. The van der Waals surface area contributed by atoms with Gasteiger partial charge in [0.05, 0.1) is 18.1 Å². The summed E-state index contributed by atoms with van der Waals surface area (Å²) in [6.45, 7) is 3.99. The fourth-order valence-corrected chi connectivity index (χ4v) is 2.28. The fraction of sp³-hybridized carbons (Fsp3) is 0.462. The quantitative estimate of drug-likeness (QED) is 0.713. The van der Waals surface area contributed by atoms with Crippen molar-refractivity contribution in [2.24, 2.45) is 5.92 Å². The third-order valence-electron chi connectivity index (χ3n) is 3.21. The van der Waals surface area contributed by atoms with E-state index in [0.717, 1.165) is 11.8 Å². The highest BCUT2D eigenvalue weighted by Gasteiger charge is 2.39. The minimum atomic E-state index is -0.0901. The smallest absolute Gasteiger partial charge is 0.127 e. The Kier molecular flexibility index (Phi) is 3.08. The molecular weight excluding hydrogens is 202 g/mol. The molecule has 1 aromatic rings. The molecule has 1 aromatic carbocycles. The number of carbonyl (C=O) groups is 1. The predicted molar refractivity (Wildman–Crippen MR) is 61.8 cm³/mol. The summed E-state index contributed by atoms with van der Waals surface area (Å²) in [6, 6.07) is 8.29. The topological polar surface area (TPSA) is 29.5 Å². The molecule has 0 unspecified atom stereocenters. The van der Waals surface area contributed by atoms with E-state index >= 15 is 0 Å². The molecular formula is C13H17NO2. The van der Waals surface area contributed by atoms with E-state index in [9.17, 15) is 4.79 Å². The fourth-order valence-electron chi connectivity index (χ4n) is 2.28. The zero-order valence-corrected chi connectivity index (χ0v) is 9.88. The largest absolute Gasteiger partial charge is 0.303 e. The van der Waals surface area contributed by atoms with Crippen molar-refractivity contribution < 1.29 is 9.63 Å². The maximum absolute atomic E-state index is 11.1. The third-order valence-corrected chi connectivity index (χ3v) is 3.21. The van der Waals surface area contributed by atoms with Crippen molar-refractivity contribution in [3.8, 4) is 0 Å². The highest BCUT2D eigenvalue weighted by atomic mass is 16.7. The number of aldehydes is 1. The minimum absolute atomic E-state index is 0.0353. The molecule has 0 bridgehead atoms. The van der Waals surface area contributed by atoms with Crippen LogP contribution in [0.15, 0.2) is 24.3 Å². The van der Waals surface area contributed by atoms with Crippen LogP contribution in [0.4, 0.5) is 0 Å². The van der Waals surface area contributed by atoms with E-state index in [1.807, 2.05) is 14.0 Å². The lowest BCUT2D eigenvalue weighted by molar-refractivity contribution is -0.139. The number of rotatable bonds is 2. The van der Waals surface area contributed by atoms with Crippen LogP contribution < -0.4 is 0 Å². The summed E-state index contributed by atoms with van der Waals surface area (Å²) in [6.07, 6.45) is 0.951. The first-order chi connectivity index (χ1) is 7.63. The lowest BCUT2D eigenvalue weighted by Crippen LogP contribution is -2.21. The molecule has 16 heavy (non-hydrogen) atoms. The second kappa shape index (κ2) is 4.36. The molecule has 3 atom stereocenters. The first kappa shape index (κ1) is 11.3. The number of aryl methyl sites for hydroxylation is 1. The molecule has 3 heteroatoms. The first-order valence-corrected chi connectivity index (χ1v) is 5.55. The van der Waals surface area contributed by atoms with Crippen LogP contribution in [0.2, 0.25) is 0 Å². The van der Waals surface area contributed by atoms with Gasteiger partial charge in [-0.05, 0) is 19.4 Å². The van der Waals surface area contributed by atoms with Gasteiger partial charge in [-0.2, -0.15) is 5.06 Å². The average Bonchev–Trinajstić information content (AvgIpc) is 2.54. The van der Waals surface area contributed by atoms with Gasteiger partial charge in [-0.3, -0.25) is 4.84 Å². The molecule has 0 spiro atoms. The first-order valence-electron chi connectivity index (χ1n) is 5.55. The Hall–Kier alpha value is -1.19. The van der Waals surface area contributed by atoms with Crippen molar-refractivity contribution in [2.75, 3.05) is 7.05 Å². The monoisotopic (exact) mass is 219 g/mol. The third kappa shape index (κ3) is 1.88. The van der Waals surface area contributed by atoms with Gasteiger partial charge >= 0.3 is 0 Å². The number of hydrogen-bond donors (Lipinski definition) is 0. The maximum Gasteiger partial charge on any atom is 0.127 e. The summed E-state index contributed by atoms with van der Waals surface area (Å²) in [5.41, 5.74) is 2.36. The van der Waals surface area contributed by atoms with Crippen LogP contribution in [0.3, 0.4) is 0 Å². The summed E-state index contributed by atoms with van der Waals surface area (Å²) in [4.78, 5) is 16.7. The van der Waals surface area contributed by atoms with Crippen LogP contribution in [0.1, 0.15) is 24.1 Å². The van der Waals surface area contributed by atoms with Crippen molar-refractivity contribution in [3.63, 3.8) is 0 Å². The van der Waals surface area contributed by atoms with E-state index in [0.29, 0.717) is 0 Å². The van der Waals surface area contributed by atoms with Crippen molar-refractivity contribution >= 4 is 6.29 Å². The number of nitrogens with zero attached hydrogens (tertiary/aromatic N) is 1. The van der Waals surface area contributed by atoms with Crippen LogP contribution in [-0.4, -0.2) is 24.5 Å². The van der Waals surface area contributed by atoms with Gasteiger partial charge in [0, 0.05) is 7.05 Å². The van der Waals surface area contributed by atoms with Crippen molar-refractivity contribution in [1.82, 2.24) is 5.06 Å². The summed E-state index contributed by atoms with van der Waals surface area (Å²) in [5.74, 6) is -0.0901. The van der Waals surface area contributed by atoms with Gasteiger partial charge < -0.3 is 4.79 Å². The molecule has 1 aliphatic heterocycles. The summed E-state index contributed by atoms with van der Waals surface area (Å²) < 4.78 is 0. The molecule has 0 N–H and O–H groups in total. The lowest BCUT2D eigenvalue weighted by atomic mass is 9.91. The molecule has 0 aromatic heterocycles. The minimum Gasteiger partial charge on any atom is -0.303 e. The maximum atomic E-state index is 11.1. The summed E-state index contributed by atoms with van der Waals surface area (Å²) in [7, 11) is 1.88. The predicted octanol–water partition coefficient (Wildman–Crippen LogP) is 2.12. The number of carbonyl (C=O) groups excluding carboxylic acids is 1. The number of hydroxylamine groups is 2. The Balaban J connectivity index is 2.31. The van der Waals surface area contributed by atoms with Crippen molar-refractivity contribution in [2.45, 2.75) is 26.0 Å². The second-order valence-electron chi connectivity index (χ2n) is 4.43. The highest BCUT2D eigenvalue weighted by Crippen LogP contribution is 2.36. The van der Waals surface area contributed by atoms with E-state index in [2.05, 4.69) is 31.2 Å². The summed E-state index contributed by atoms with van der Waals surface area (Å²) >= 11 is 0. The Morgan fingerprint density at radius 1 is 1.31 bits per heavy atom. The van der Waals surface area contributed by atoms with Gasteiger partial charge in [-0.15, -0.1) is 0 Å². The van der Waals surface area contributed by atoms with Gasteiger partial charge in [0.1, 0.15) is 6.29 Å². The van der Waals surface area contributed by atoms with E-state index in [1.165, 1.54) is 5.56 Å². The normalized spacial score (nSPS) is 30.6. The number of hydrogen-bond acceptors (Lipinski definition) is 3. The van der Waals surface area contributed by atoms with Gasteiger partial charge in [0.25, 0.3) is 0 Å². The molecule has 2 rings (SSSR count). The van der Waals surface area contributed by atoms with Gasteiger partial charge in [0.15, 0.2) is 0 Å². The van der Waals surface area contributed by atoms with E-state index in [4.69, 9.17) is 4.84 Å². The molecule has 0 radical (unpaired) electrons. The molecule has 0 saturated carbocycles. The van der Waals surface area contributed by atoms with Crippen LogP contribution in [-0.2, 0) is 9.63 Å². The van der Waals surface area contributed by atoms with Gasteiger partial charge in [-0.25, -0.2) is 0 Å². The van der Waals surface area contributed by atoms with E-state index < -0.39 is 0 Å². The van der Waals surface area contributed by atoms with E-state index in [-0.39, 0.29) is 18.1 Å². The average molecular weight is 219 g/mol. The standard InChI is InChI=1S/C13H17NO2/c1-9-4-6-11(7-5-9)13-12(8-15)10(2)16-14(13)3/h4-8,10,12-13H,1-3H3/t10-,12-,13+/m0/s1. The SMILES string of the molecule is Cc1ccc([C@@H]2[C@@H](C=O)[C@H](C)ON2C)cc1. The van der Waals surface area contributed by atoms with E-state index in [1.54, 1.807) is 5.06 Å². The van der Waals surface area contributed by atoms with Crippen LogP contribution in [0.25, 0.3) is 0 Å². The molecule has 1 saturated heterocycles. The molecule has 3 nitrogen and oxygen atoms in total. The zero-order chi connectivity index (χ0) is 11.7. The second-order valence-corrected chi connectivity index (χ2v) is 4.43. The molecule has 1 heterocycles. The Labute approximate surface area is 96.0 Å². The summed E-state index contributed by atoms with van der Waals surface area (Å²) in [5, 5.41) is 1.79. The van der Waals surface area contributed by atoms with Gasteiger partial charge in [0.2, 0.25) is 0 Å². The Morgan fingerprint density at radius 3 is 2.50 bits per heavy atom. The van der Waals surface area contributed by atoms with Crippen LogP contribution >= 0.6 is 0 Å².